The maximum Gasteiger partial charge on any atom is 0.339 e. The molecule has 0 amide bonds. The van der Waals surface area contributed by atoms with Crippen LogP contribution in [-0.2, 0) is 9.53 Å². The Morgan fingerprint density at radius 1 is 0.935 bits per heavy atom. The minimum Gasteiger partial charge on any atom is -0.465 e. The highest BCUT2D eigenvalue weighted by atomic mass is 16.7. The molecule has 0 spiro atoms. The highest BCUT2D eigenvalue weighted by Crippen LogP contribution is 2.25. The van der Waals surface area contributed by atoms with E-state index in [4.69, 9.17) is 14.2 Å². The van der Waals surface area contributed by atoms with Crippen LogP contribution in [0.5, 0.6) is 11.5 Å². The van der Waals surface area contributed by atoms with Gasteiger partial charge in [0.15, 0.2) is 6.29 Å². The van der Waals surface area contributed by atoms with Gasteiger partial charge >= 0.3 is 5.97 Å². The molecule has 0 aliphatic carbocycles. The van der Waals surface area contributed by atoms with Crippen molar-refractivity contribution in [3.05, 3.63) is 84.0 Å². The lowest BCUT2D eigenvalue weighted by atomic mass is 9.88. The second kappa shape index (κ2) is 11.3. The number of allylic oxidation sites excluding steroid dienone is 2. The fraction of sp³-hybridized carbons (Fsp3) is 0.296. The lowest BCUT2D eigenvalue weighted by Gasteiger charge is -2.19. The number of carbonyl (C=O) groups excluding carboxylic acids is 1. The molecule has 0 aliphatic heterocycles. The Labute approximate surface area is 185 Å². The number of rotatable bonds is 9. The molecule has 0 radical (unpaired) electrons. The minimum atomic E-state index is -0.400. The summed E-state index contributed by atoms with van der Waals surface area (Å²) in [5.41, 5.74) is 2.21. The second-order valence-electron chi connectivity index (χ2n) is 8.12. The predicted molar refractivity (Wildman–Crippen MR) is 127 cm³/mol. The molecule has 0 N–H and O–H groups in total. The topological polar surface area (TPSA) is 44.8 Å². The zero-order valence-electron chi connectivity index (χ0n) is 19.1. The average Bonchev–Trinajstić information content (AvgIpc) is 2.72. The molecule has 1 unspecified atom stereocenters. The summed E-state index contributed by atoms with van der Waals surface area (Å²) in [4.78, 5) is 12.1. The number of hydrogen-bond acceptors (Lipinski definition) is 4. The van der Waals surface area contributed by atoms with Gasteiger partial charge in [0.05, 0.1) is 0 Å². The van der Waals surface area contributed by atoms with E-state index < -0.39 is 5.97 Å². The highest BCUT2D eigenvalue weighted by Gasteiger charge is 2.23. The standard InChI is InChI=1S/C27H32O4/c1-7-29-21(3)30-24-16-12-22(13-17-24)10-8-9-11-23-14-18-25(19-15-23)31-26(28)20(2)27(4,5)6/h8-19,21H,2,7H2,1,3-6H3. The van der Waals surface area contributed by atoms with E-state index in [2.05, 4.69) is 6.58 Å². The van der Waals surface area contributed by atoms with Crippen molar-refractivity contribution in [1.29, 1.82) is 0 Å². The summed E-state index contributed by atoms with van der Waals surface area (Å²) >= 11 is 0. The van der Waals surface area contributed by atoms with E-state index in [1.807, 2.05) is 95.3 Å². The fourth-order valence-electron chi connectivity index (χ4n) is 2.57. The van der Waals surface area contributed by atoms with Crippen LogP contribution in [-0.4, -0.2) is 18.9 Å². The van der Waals surface area contributed by atoms with E-state index in [0.717, 1.165) is 16.9 Å². The zero-order valence-corrected chi connectivity index (χ0v) is 19.1. The lowest BCUT2D eigenvalue weighted by molar-refractivity contribution is -0.131. The Morgan fingerprint density at radius 2 is 1.42 bits per heavy atom. The third-order valence-corrected chi connectivity index (χ3v) is 4.51. The number of ether oxygens (including phenoxy) is 3. The van der Waals surface area contributed by atoms with Crippen LogP contribution in [0.15, 0.2) is 72.8 Å². The molecule has 4 heteroatoms. The molecule has 0 aromatic heterocycles. The molecule has 0 heterocycles. The van der Waals surface area contributed by atoms with Gasteiger partial charge in [-0.05, 0) is 54.7 Å². The summed E-state index contributed by atoms with van der Waals surface area (Å²) in [5.74, 6) is 0.882. The summed E-state index contributed by atoms with van der Waals surface area (Å²) in [6.07, 6.45) is 7.67. The molecule has 0 fully saturated rings. The molecule has 0 aliphatic rings. The van der Waals surface area contributed by atoms with Crippen LogP contribution >= 0.6 is 0 Å². The highest BCUT2D eigenvalue weighted by molar-refractivity contribution is 5.90. The van der Waals surface area contributed by atoms with Crippen molar-refractivity contribution in [3.63, 3.8) is 0 Å². The number of hydrogen-bond donors (Lipinski definition) is 0. The van der Waals surface area contributed by atoms with Gasteiger partial charge in [-0.15, -0.1) is 0 Å². The first-order chi connectivity index (χ1) is 14.7. The SMILES string of the molecule is C=C(C(=O)Oc1ccc(C=CC=Cc2ccc(OC(C)OCC)cc2)cc1)C(C)(C)C. The van der Waals surface area contributed by atoms with Crippen molar-refractivity contribution in [3.8, 4) is 11.5 Å². The maximum atomic E-state index is 12.1. The molecule has 164 valence electrons. The maximum absolute atomic E-state index is 12.1. The van der Waals surface area contributed by atoms with Gasteiger partial charge < -0.3 is 14.2 Å². The van der Waals surface area contributed by atoms with E-state index in [1.54, 1.807) is 12.1 Å². The summed E-state index contributed by atoms with van der Waals surface area (Å²) in [5, 5.41) is 0. The smallest absolute Gasteiger partial charge is 0.339 e. The van der Waals surface area contributed by atoms with Crippen molar-refractivity contribution >= 4 is 18.1 Å². The van der Waals surface area contributed by atoms with Gasteiger partial charge in [0.1, 0.15) is 11.5 Å². The molecular formula is C27H32O4. The Balaban J connectivity index is 1.88. The Kier molecular flexibility index (Phi) is 8.83. The van der Waals surface area contributed by atoms with Crippen LogP contribution in [0.25, 0.3) is 12.2 Å². The summed E-state index contributed by atoms with van der Waals surface area (Å²) in [6, 6.07) is 15.2. The summed E-state index contributed by atoms with van der Waals surface area (Å²) in [6.45, 7) is 14.1. The first kappa shape index (κ1) is 24.2. The molecule has 1 atom stereocenters. The van der Waals surface area contributed by atoms with Gasteiger partial charge in [-0.2, -0.15) is 0 Å². The van der Waals surface area contributed by atoms with Crippen LogP contribution in [0.2, 0.25) is 0 Å². The first-order valence-corrected chi connectivity index (χ1v) is 10.4. The van der Waals surface area contributed by atoms with Crippen LogP contribution in [0.4, 0.5) is 0 Å². The van der Waals surface area contributed by atoms with Gasteiger partial charge in [-0.1, -0.05) is 75.9 Å². The van der Waals surface area contributed by atoms with Crippen molar-refractivity contribution in [1.82, 2.24) is 0 Å². The van der Waals surface area contributed by atoms with E-state index in [1.165, 1.54) is 0 Å². The molecular weight excluding hydrogens is 388 g/mol. The van der Waals surface area contributed by atoms with Gasteiger partial charge in [-0.25, -0.2) is 4.79 Å². The Morgan fingerprint density at radius 3 is 1.87 bits per heavy atom. The van der Waals surface area contributed by atoms with Crippen molar-refractivity contribution in [2.45, 2.75) is 40.9 Å². The number of esters is 1. The number of carbonyl (C=O) groups is 1. The number of benzene rings is 2. The Hall–Kier alpha value is -3.11. The van der Waals surface area contributed by atoms with Crippen LogP contribution in [0.3, 0.4) is 0 Å². The largest absolute Gasteiger partial charge is 0.465 e. The Bertz CT molecular complexity index is 913. The lowest BCUT2D eigenvalue weighted by Crippen LogP contribution is -2.21. The third kappa shape index (κ3) is 8.27. The second-order valence-corrected chi connectivity index (χ2v) is 8.12. The molecule has 31 heavy (non-hydrogen) atoms. The zero-order chi connectivity index (χ0) is 22.9. The molecule has 2 aromatic carbocycles. The van der Waals surface area contributed by atoms with Gasteiger partial charge in [0.2, 0.25) is 0 Å². The van der Waals surface area contributed by atoms with Crippen molar-refractivity contribution < 1.29 is 19.0 Å². The predicted octanol–water partition coefficient (Wildman–Crippen LogP) is 6.68. The van der Waals surface area contributed by atoms with Gasteiger partial charge in [-0.3, -0.25) is 0 Å². The van der Waals surface area contributed by atoms with E-state index in [0.29, 0.717) is 17.9 Å². The minimum absolute atomic E-state index is 0.262. The van der Waals surface area contributed by atoms with Crippen LogP contribution in [0, 0.1) is 5.41 Å². The molecule has 0 saturated carbocycles. The normalized spacial score (nSPS) is 12.8. The molecule has 0 bridgehead atoms. The quantitative estimate of drug-likeness (QED) is 0.149. The van der Waals surface area contributed by atoms with Gasteiger partial charge in [0, 0.05) is 12.2 Å². The molecule has 2 rings (SSSR count). The summed E-state index contributed by atoms with van der Waals surface area (Å²) < 4.78 is 16.4. The van der Waals surface area contributed by atoms with E-state index in [9.17, 15) is 4.79 Å². The third-order valence-electron chi connectivity index (χ3n) is 4.51. The van der Waals surface area contributed by atoms with Crippen LogP contribution < -0.4 is 9.47 Å². The van der Waals surface area contributed by atoms with E-state index in [-0.39, 0.29) is 11.7 Å². The molecule has 2 aromatic rings. The average molecular weight is 421 g/mol. The molecule has 0 saturated heterocycles. The summed E-state index contributed by atoms with van der Waals surface area (Å²) in [7, 11) is 0. The molecule has 4 nitrogen and oxygen atoms in total. The fourth-order valence-corrected chi connectivity index (χ4v) is 2.57. The van der Waals surface area contributed by atoms with Crippen molar-refractivity contribution in [2.75, 3.05) is 6.61 Å². The van der Waals surface area contributed by atoms with E-state index >= 15 is 0 Å². The first-order valence-electron chi connectivity index (χ1n) is 10.4. The monoisotopic (exact) mass is 420 g/mol. The van der Waals surface area contributed by atoms with Crippen LogP contribution in [0.1, 0.15) is 45.7 Å². The van der Waals surface area contributed by atoms with Gasteiger partial charge in [0.25, 0.3) is 0 Å². The van der Waals surface area contributed by atoms with Crippen molar-refractivity contribution in [2.24, 2.45) is 5.41 Å².